The van der Waals surface area contributed by atoms with Gasteiger partial charge >= 0.3 is 0 Å². The number of aryl methyl sites for hydroxylation is 2. The fourth-order valence-corrected chi connectivity index (χ4v) is 2.14. The highest BCUT2D eigenvalue weighted by atomic mass is 16.5. The monoisotopic (exact) mass is 245 g/mol. The van der Waals surface area contributed by atoms with E-state index in [2.05, 4.69) is 23.2 Å². The summed E-state index contributed by atoms with van der Waals surface area (Å²) in [4.78, 5) is 0. The van der Waals surface area contributed by atoms with Crippen molar-refractivity contribution in [2.24, 2.45) is 5.73 Å². The van der Waals surface area contributed by atoms with Crippen LogP contribution in [0.25, 0.3) is 11.3 Å². The number of H-pyrrole nitrogens is 1. The number of methoxy groups -OCH3 is 1. The normalized spacial score (nSPS) is 10.7. The molecule has 18 heavy (non-hydrogen) atoms. The van der Waals surface area contributed by atoms with Gasteiger partial charge in [-0.25, -0.2) is 0 Å². The van der Waals surface area contributed by atoms with Crippen LogP contribution in [0, 0.1) is 6.92 Å². The zero-order valence-corrected chi connectivity index (χ0v) is 11.1. The number of hydrogen-bond donors (Lipinski definition) is 2. The number of rotatable bonds is 4. The first kappa shape index (κ1) is 12.6. The average molecular weight is 245 g/mol. The van der Waals surface area contributed by atoms with E-state index in [1.54, 1.807) is 7.11 Å². The first-order valence-corrected chi connectivity index (χ1v) is 6.12. The molecule has 0 saturated heterocycles. The van der Waals surface area contributed by atoms with E-state index >= 15 is 0 Å². The van der Waals surface area contributed by atoms with E-state index < -0.39 is 0 Å². The minimum absolute atomic E-state index is 0.491. The maximum atomic E-state index is 5.78. The van der Waals surface area contributed by atoms with Crippen molar-refractivity contribution in [1.29, 1.82) is 0 Å². The van der Waals surface area contributed by atoms with Gasteiger partial charge in [0.25, 0.3) is 0 Å². The highest BCUT2D eigenvalue weighted by Crippen LogP contribution is 2.28. The number of hydrogen-bond acceptors (Lipinski definition) is 3. The van der Waals surface area contributed by atoms with Crippen LogP contribution < -0.4 is 10.5 Å². The molecule has 0 aliphatic heterocycles. The van der Waals surface area contributed by atoms with Crippen molar-refractivity contribution in [3.05, 3.63) is 35.0 Å². The van der Waals surface area contributed by atoms with Crippen molar-refractivity contribution in [2.45, 2.75) is 26.8 Å². The molecule has 2 aromatic rings. The van der Waals surface area contributed by atoms with Gasteiger partial charge in [-0.3, -0.25) is 5.10 Å². The molecule has 0 spiro atoms. The largest absolute Gasteiger partial charge is 0.496 e. The van der Waals surface area contributed by atoms with E-state index in [0.717, 1.165) is 34.7 Å². The zero-order chi connectivity index (χ0) is 13.1. The molecule has 0 aliphatic carbocycles. The summed E-state index contributed by atoms with van der Waals surface area (Å²) in [5.74, 6) is 0.919. The Hall–Kier alpha value is -1.81. The summed E-state index contributed by atoms with van der Waals surface area (Å²) < 4.78 is 5.34. The summed E-state index contributed by atoms with van der Waals surface area (Å²) in [5.41, 5.74) is 11.1. The second-order valence-corrected chi connectivity index (χ2v) is 4.26. The van der Waals surface area contributed by atoms with Crippen LogP contribution in [-0.4, -0.2) is 17.3 Å². The Bertz CT molecular complexity index is 546. The lowest BCUT2D eigenvalue weighted by molar-refractivity contribution is 0.410. The van der Waals surface area contributed by atoms with Crippen LogP contribution in [0.3, 0.4) is 0 Å². The summed E-state index contributed by atoms with van der Waals surface area (Å²) in [6.45, 7) is 4.59. The Morgan fingerprint density at radius 1 is 1.39 bits per heavy atom. The third-order valence-electron chi connectivity index (χ3n) is 3.21. The fourth-order valence-electron chi connectivity index (χ4n) is 2.14. The summed E-state index contributed by atoms with van der Waals surface area (Å²) in [6.07, 6.45) is 0.929. The third-order valence-corrected chi connectivity index (χ3v) is 3.21. The molecular formula is C14H19N3O. The van der Waals surface area contributed by atoms with E-state index in [-0.39, 0.29) is 0 Å². The lowest BCUT2D eigenvalue weighted by Crippen LogP contribution is -1.99. The molecule has 4 heteroatoms. The highest BCUT2D eigenvalue weighted by Gasteiger charge is 2.12. The van der Waals surface area contributed by atoms with Crippen molar-refractivity contribution in [1.82, 2.24) is 10.2 Å². The lowest BCUT2D eigenvalue weighted by Gasteiger charge is -2.09. The minimum atomic E-state index is 0.491. The van der Waals surface area contributed by atoms with E-state index in [0.29, 0.717) is 6.54 Å². The van der Waals surface area contributed by atoms with Gasteiger partial charge in [-0.1, -0.05) is 6.92 Å². The topological polar surface area (TPSA) is 63.9 Å². The van der Waals surface area contributed by atoms with Crippen LogP contribution in [0.15, 0.2) is 18.2 Å². The maximum Gasteiger partial charge on any atom is 0.122 e. The molecule has 0 atom stereocenters. The number of aromatic nitrogens is 2. The number of nitrogens with two attached hydrogens (primary N) is 1. The van der Waals surface area contributed by atoms with E-state index in [1.807, 2.05) is 19.1 Å². The number of nitrogens with zero attached hydrogens (tertiary/aromatic N) is 1. The Balaban J connectivity index is 2.50. The van der Waals surface area contributed by atoms with Crippen LogP contribution in [0.5, 0.6) is 5.75 Å². The zero-order valence-electron chi connectivity index (χ0n) is 11.1. The van der Waals surface area contributed by atoms with Crippen LogP contribution in [-0.2, 0) is 13.0 Å². The molecule has 96 valence electrons. The lowest BCUT2D eigenvalue weighted by atomic mass is 10.0. The molecule has 0 unspecified atom stereocenters. The highest BCUT2D eigenvalue weighted by molar-refractivity contribution is 5.66. The van der Waals surface area contributed by atoms with Crippen molar-refractivity contribution in [2.75, 3.05) is 7.11 Å². The SMILES string of the molecule is CCc1cc(-c2n[nH]c(C)c2CN)ccc1OC. The van der Waals surface area contributed by atoms with Crippen LogP contribution in [0.2, 0.25) is 0 Å². The van der Waals surface area contributed by atoms with Crippen LogP contribution >= 0.6 is 0 Å². The molecule has 1 aromatic carbocycles. The quantitative estimate of drug-likeness (QED) is 0.869. The molecule has 0 fully saturated rings. The second kappa shape index (κ2) is 5.23. The summed E-state index contributed by atoms with van der Waals surface area (Å²) >= 11 is 0. The van der Waals surface area contributed by atoms with E-state index in [9.17, 15) is 0 Å². The molecule has 1 heterocycles. The first-order valence-electron chi connectivity index (χ1n) is 6.12. The number of benzene rings is 1. The smallest absolute Gasteiger partial charge is 0.122 e. The number of aromatic amines is 1. The van der Waals surface area contributed by atoms with Gasteiger partial charge in [-0.2, -0.15) is 5.10 Å². The van der Waals surface area contributed by atoms with Gasteiger partial charge in [0.05, 0.1) is 12.8 Å². The molecule has 3 N–H and O–H groups in total. The molecule has 2 rings (SSSR count). The molecular weight excluding hydrogens is 226 g/mol. The third kappa shape index (κ3) is 2.11. The number of nitrogens with one attached hydrogen (secondary N) is 1. The Labute approximate surface area is 107 Å². The predicted molar refractivity (Wildman–Crippen MR) is 72.6 cm³/mol. The standard InChI is InChI=1S/C14H19N3O/c1-4-10-7-11(5-6-13(10)18-3)14-12(8-15)9(2)16-17-14/h5-7H,4,8,15H2,1-3H3,(H,16,17). The molecule has 0 amide bonds. The van der Waals surface area contributed by atoms with Gasteiger partial charge in [0, 0.05) is 23.4 Å². The summed E-state index contributed by atoms with van der Waals surface area (Å²) in [6, 6.07) is 6.12. The maximum absolute atomic E-state index is 5.78. The molecule has 0 radical (unpaired) electrons. The molecule has 4 nitrogen and oxygen atoms in total. The van der Waals surface area contributed by atoms with Gasteiger partial charge in [-0.15, -0.1) is 0 Å². The number of ether oxygens (including phenoxy) is 1. The Morgan fingerprint density at radius 3 is 2.78 bits per heavy atom. The van der Waals surface area contributed by atoms with Gasteiger partial charge in [0.15, 0.2) is 0 Å². The fraction of sp³-hybridized carbons (Fsp3) is 0.357. The van der Waals surface area contributed by atoms with Gasteiger partial charge in [0.1, 0.15) is 5.75 Å². The van der Waals surface area contributed by atoms with E-state index in [1.165, 1.54) is 5.56 Å². The van der Waals surface area contributed by atoms with Crippen LogP contribution in [0.4, 0.5) is 0 Å². The van der Waals surface area contributed by atoms with Gasteiger partial charge in [0.2, 0.25) is 0 Å². The van der Waals surface area contributed by atoms with Crippen molar-refractivity contribution >= 4 is 0 Å². The van der Waals surface area contributed by atoms with Gasteiger partial charge in [-0.05, 0) is 37.1 Å². The predicted octanol–water partition coefficient (Wildman–Crippen LogP) is 2.41. The van der Waals surface area contributed by atoms with Gasteiger partial charge < -0.3 is 10.5 Å². The molecule has 0 saturated carbocycles. The average Bonchev–Trinajstić information content (AvgIpc) is 2.78. The second-order valence-electron chi connectivity index (χ2n) is 4.26. The molecule has 1 aromatic heterocycles. The van der Waals surface area contributed by atoms with Crippen molar-refractivity contribution < 1.29 is 4.74 Å². The molecule has 0 aliphatic rings. The van der Waals surface area contributed by atoms with Crippen molar-refractivity contribution in [3.8, 4) is 17.0 Å². The minimum Gasteiger partial charge on any atom is -0.496 e. The Morgan fingerprint density at radius 2 is 2.17 bits per heavy atom. The van der Waals surface area contributed by atoms with Crippen molar-refractivity contribution in [3.63, 3.8) is 0 Å². The van der Waals surface area contributed by atoms with E-state index in [4.69, 9.17) is 10.5 Å². The Kier molecular flexibility index (Phi) is 3.67. The van der Waals surface area contributed by atoms with Crippen LogP contribution in [0.1, 0.15) is 23.7 Å². The molecule has 0 bridgehead atoms. The summed E-state index contributed by atoms with van der Waals surface area (Å²) in [7, 11) is 1.69. The summed E-state index contributed by atoms with van der Waals surface area (Å²) in [5, 5.41) is 7.33. The first-order chi connectivity index (χ1) is 8.71.